The lowest BCUT2D eigenvalue weighted by molar-refractivity contribution is -0.347. The van der Waals surface area contributed by atoms with Gasteiger partial charge in [-0.1, -0.05) is 0 Å². The molecule has 2 rings (SSSR count). The molecule has 0 bridgehead atoms. The number of anilines is 2. The molecule has 1 aromatic rings. The van der Waals surface area contributed by atoms with Crippen LogP contribution >= 0.6 is 0 Å². The first-order chi connectivity index (χ1) is 8.37. The Morgan fingerprint density at radius 3 is 2.89 bits per heavy atom. The minimum absolute atomic E-state index is 0.408. The van der Waals surface area contributed by atoms with Gasteiger partial charge in [0.15, 0.2) is 5.75 Å². The molecule has 6 nitrogen and oxygen atoms in total. The Balaban J connectivity index is 2.27. The van der Waals surface area contributed by atoms with E-state index in [9.17, 15) is 4.79 Å². The molecule has 2 heterocycles. The molecule has 18 heavy (non-hydrogen) atoms. The first kappa shape index (κ1) is 12.5. The van der Waals surface area contributed by atoms with Crippen molar-refractivity contribution in [2.75, 3.05) is 23.8 Å². The third kappa shape index (κ3) is 2.64. The lowest BCUT2D eigenvalue weighted by Crippen LogP contribution is -2.44. The fourth-order valence-electron chi connectivity index (χ4n) is 1.66. The summed E-state index contributed by atoms with van der Waals surface area (Å²) in [6, 6.07) is 3.43. The van der Waals surface area contributed by atoms with Crippen LogP contribution in [0.15, 0.2) is 12.1 Å². The molecule has 0 fully saturated rings. The molecular formula is C12H18N3O3+. The number of nitrogens with one attached hydrogen (secondary N) is 1. The Labute approximate surface area is 106 Å². The van der Waals surface area contributed by atoms with Crippen LogP contribution in [-0.2, 0) is 4.74 Å². The largest absolute Gasteiger partial charge is 0.484 e. The van der Waals surface area contributed by atoms with Crippen molar-refractivity contribution >= 4 is 17.7 Å². The minimum Gasteiger partial charge on any atom is -0.484 e. The second-order valence-electron chi connectivity index (χ2n) is 5.11. The third-order valence-electron chi connectivity index (χ3n) is 2.37. The normalized spacial score (nSPS) is 14.7. The van der Waals surface area contributed by atoms with Crippen LogP contribution in [0, 0.1) is 0 Å². The van der Waals surface area contributed by atoms with Crippen LogP contribution in [0.2, 0.25) is 0 Å². The number of aromatic amines is 1. The number of nitrogens with two attached hydrogens (primary N) is 1. The maximum absolute atomic E-state index is 12.1. The van der Waals surface area contributed by atoms with Gasteiger partial charge in [-0.05, 0) is 26.8 Å². The standard InChI is InChI=1S/C12H17N3O3/c1-12(2,3)18-11(16)15-6-7-17-8-4-5-9(13)14-10(8)15/h4-5H,6-7H2,1-3H3,(H2,13,14)/p+1. The average Bonchev–Trinajstić information content (AvgIpc) is 2.25. The summed E-state index contributed by atoms with van der Waals surface area (Å²) >= 11 is 0. The number of carbonyl (C=O) groups excluding carboxylic acids is 1. The van der Waals surface area contributed by atoms with E-state index in [2.05, 4.69) is 4.98 Å². The molecule has 3 N–H and O–H groups in total. The number of pyridine rings is 1. The van der Waals surface area contributed by atoms with Crippen LogP contribution in [0.3, 0.4) is 0 Å². The van der Waals surface area contributed by atoms with Crippen molar-refractivity contribution in [3.8, 4) is 5.75 Å². The third-order valence-corrected chi connectivity index (χ3v) is 2.37. The molecule has 1 amide bonds. The van der Waals surface area contributed by atoms with E-state index in [4.69, 9.17) is 15.2 Å². The zero-order valence-electron chi connectivity index (χ0n) is 10.8. The molecule has 1 aromatic heterocycles. The van der Waals surface area contributed by atoms with Crippen LogP contribution in [-0.4, -0.2) is 24.8 Å². The monoisotopic (exact) mass is 252 g/mol. The number of nitrogens with zero attached hydrogens (tertiary/aromatic N) is 1. The second-order valence-corrected chi connectivity index (χ2v) is 5.11. The van der Waals surface area contributed by atoms with Crippen LogP contribution in [0.4, 0.5) is 16.4 Å². The van der Waals surface area contributed by atoms with E-state index in [1.54, 1.807) is 12.1 Å². The molecule has 1 aliphatic heterocycles. The Hall–Kier alpha value is -1.98. The van der Waals surface area contributed by atoms with Crippen LogP contribution in [0.5, 0.6) is 5.75 Å². The van der Waals surface area contributed by atoms with Crippen molar-refractivity contribution in [1.29, 1.82) is 0 Å². The van der Waals surface area contributed by atoms with Crippen molar-refractivity contribution in [1.82, 2.24) is 0 Å². The molecule has 0 saturated heterocycles. The van der Waals surface area contributed by atoms with Gasteiger partial charge in [0.25, 0.3) is 5.82 Å². The second kappa shape index (κ2) is 4.36. The highest BCUT2D eigenvalue weighted by atomic mass is 16.6. The van der Waals surface area contributed by atoms with E-state index in [0.29, 0.717) is 30.5 Å². The molecule has 0 saturated carbocycles. The summed E-state index contributed by atoms with van der Waals surface area (Å²) in [6.45, 7) is 6.35. The van der Waals surface area contributed by atoms with Gasteiger partial charge in [-0.15, -0.1) is 0 Å². The maximum Gasteiger partial charge on any atom is 0.477 e. The van der Waals surface area contributed by atoms with Crippen molar-refractivity contribution in [2.45, 2.75) is 26.4 Å². The molecular weight excluding hydrogens is 234 g/mol. The van der Waals surface area contributed by atoms with Crippen LogP contribution in [0.25, 0.3) is 0 Å². The van der Waals surface area contributed by atoms with E-state index in [1.165, 1.54) is 4.90 Å². The topological polar surface area (TPSA) is 78.9 Å². The number of hydrogen-bond donors (Lipinski definition) is 1. The maximum atomic E-state index is 12.1. The summed E-state index contributed by atoms with van der Waals surface area (Å²) in [4.78, 5) is 16.5. The molecule has 0 spiro atoms. The zero-order valence-corrected chi connectivity index (χ0v) is 10.8. The average molecular weight is 252 g/mol. The van der Waals surface area contributed by atoms with Crippen LogP contribution < -0.4 is 20.4 Å². The first-order valence-electron chi connectivity index (χ1n) is 5.82. The Morgan fingerprint density at radius 2 is 2.22 bits per heavy atom. The lowest BCUT2D eigenvalue weighted by atomic mass is 10.2. The number of ether oxygens (including phenoxy) is 2. The molecule has 0 aromatic carbocycles. The highest BCUT2D eigenvalue weighted by molar-refractivity contribution is 5.88. The van der Waals surface area contributed by atoms with Crippen molar-refractivity contribution in [2.24, 2.45) is 0 Å². The Kier molecular flexibility index (Phi) is 3.02. The fourth-order valence-corrected chi connectivity index (χ4v) is 1.66. The van der Waals surface area contributed by atoms with Crippen molar-refractivity contribution in [3.05, 3.63) is 12.1 Å². The predicted molar refractivity (Wildman–Crippen MR) is 66.5 cm³/mol. The summed E-state index contributed by atoms with van der Waals surface area (Å²) in [5, 5.41) is 0. The molecule has 1 aliphatic rings. The number of nitrogen functional groups attached to an aromatic ring is 1. The van der Waals surface area contributed by atoms with Gasteiger partial charge in [0.05, 0.1) is 0 Å². The molecule has 98 valence electrons. The van der Waals surface area contributed by atoms with Gasteiger partial charge in [-0.3, -0.25) is 0 Å². The van der Waals surface area contributed by atoms with Crippen molar-refractivity contribution in [3.63, 3.8) is 0 Å². The summed E-state index contributed by atoms with van der Waals surface area (Å²) < 4.78 is 10.8. The van der Waals surface area contributed by atoms with Gasteiger partial charge in [0.2, 0.25) is 5.82 Å². The molecule has 0 atom stereocenters. The Morgan fingerprint density at radius 1 is 1.50 bits per heavy atom. The SMILES string of the molecule is CC(C)(C)OC(=O)N1CCOc2ccc(N)[nH+]c21. The summed E-state index contributed by atoms with van der Waals surface area (Å²) in [5.41, 5.74) is 5.15. The van der Waals surface area contributed by atoms with E-state index >= 15 is 0 Å². The lowest BCUT2D eigenvalue weighted by Gasteiger charge is -2.27. The number of carbonyl (C=O) groups is 1. The van der Waals surface area contributed by atoms with Gasteiger partial charge in [-0.25, -0.2) is 9.78 Å². The number of rotatable bonds is 0. The van der Waals surface area contributed by atoms with Gasteiger partial charge in [0, 0.05) is 6.07 Å². The fraction of sp³-hybridized carbons (Fsp3) is 0.500. The van der Waals surface area contributed by atoms with Gasteiger partial charge in [0.1, 0.15) is 18.8 Å². The molecule has 0 aliphatic carbocycles. The van der Waals surface area contributed by atoms with Crippen LogP contribution in [0.1, 0.15) is 20.8 Å². The Bertz CT molecular complexity index is 468. The minimum atomic E-state index is -0.532. The molecule has 6 heteroatoms. The number of H-pyrrole nitrogens is 1. The summed E-state index contributed by atoms with van der Waals surface area (Å²) in [6.07, 6.45) is -0.408. The van der Waals surface area contributed by atoms with E-state index < -0.39 is 11.7 Å². The number of aromatic nitrogens is 1. The highest BCUT2D eigenvalue weighted by Crippen LogP contribution is 2.28. The number of hydrogen-bond acceptors (Lipinski definition) is 4. The first-order valence-corrected chi connectivity index (χ1v) is 5.82. The predicted octanol–water partition coefficient (Wildman–Crippen LogP) is 1.22. The van der Waals surface area contributed by atoms with E-state index in [0.717, 1.165) is 0 Å². The zero-order chi connectivity index (χ0) is 13.3. The quantitative estimate of drug-likeness (QED) is 0.753. The summed E-state index contributed by atoms with van der Waals surface area (Å²) in [5.74, 6) is 1.60. The molecule has 0 radical (unpaired) electrons. The highest BCUT2D eigenvalue weighted by Gasteiger charge is 2.33. The van der Waals surface area contributed by atoms with Gasteiger partial charge >= 0.3 is 6.09 Å². The smallest absolute Gasteiger partial charge is 0.477 e. The van der Waals surface area contributed by atoms with E-state index in [-0.39, 0.29) is 0 Å². The van der Waals surface area contributed by atoms with Gasteiger partial charge < -0.3 is 15.2 Å². The summed E-state index contributed by atoms with van der Waals surface area (Å²) in [7, 11) is 0. The van der Waals surface area contributed by atoms with E-state index in [1.807, 2.05) is 20.8 Å². The molecule has 0 unspecified atom stereocenters. The number of amides is 1. The van der Waals surface area contributed by atoms with Crippen molar-refractivity contribution < 1.29 is 19.3 Å². The number of fused-ring (bicyclic) bond motifs is 1. The van der Waals surface area contributed by atoms with Gasteiger partial charge in [-0.2, -0.15) is 4.90 Å².